The van der Waals surface area contributed by atoms with E-state index < -0.39 is 0 Å². The molecule has 2 aliphatic carbocycles. The SMILES string of the molecule is CCn1nc(C(=O)N(C)Cc2ccoc2)c2c1CC[C@@H](NC1CCCC1)C2. The lowest BCUT2D eigenvalue weighted by molar-refractivity contribution is 0.0777. The van der Waals surface area contributed by atoms with Gasteiger partial charge in [0.1, 0.15) is 0 Å². The molecule has 1 saturated carbocycles. The predicted molar refractivity (Wildman–Crippen MR) is 104 cm³/mol. The van der Waals surface area contributed by atoms with E-state index in [0.717, 1.165) is 36.9 Å². The van der Waals surface area contributed by atoms with Crippen LogP contribution >= 0.6 is 0 Å². The number of rotatable bonds is 6. The summed E-state index contributed by atoms with van der Waals surface area (Å²) in [5, 5.41) is 8.54. The van der Waals surface area contributed by atoms with Crippen molar-refractivity contribution in [2.75, 3.05) is 7.05 Å². The van der Waals surface area contributed by atoms with Gasteiger partial charge in [0.15, 0.2) is 5.69 Å². The predicted octanol–water partition coefficient (Wildman–Crippen LogP) is 3.16. The number of hydrogen-bond donors (Lipinski definition) is 1. The van der Waals surface area contributed by atoms with Crippen LogP contribution in [0.4, 0.5) is 0 Å². The Morgan fingerprint density at radius 2 is 2.15 bits per heavy atom. The van der Waals surface area contributed by atoms with Crippen LogP contribution in [-0.4, -0.2) is 39.7 Å². The molecular formula is C21H30N4O2. The molecule has 1 N–H and O–H groups in total. The van der Waals surface area contributed by atoms with Crippen LogP contribution in [0, 0.1) is 0 Å². The highest BCUT2D eigenvalue weighted by molar-refractivity contribution is 5.94. The second-order valence-electron chi connectivity index (χ2n) is 7.97. The zero-order valence-corrected chi connectivity index (χ0v) is 16.4. The molecule has 1 amide bonds. The van der Waals surface area contributed by atoms with Gasteiger partial charge in [0.05, 0.1) is 12.5 Å². The van der Waals surface area contributed by atoms with Gasteiger partial charge in [-0.3, -0.25) is 9.48 Å². The first-order valence-corrected chi connectivity index (χ1v) is 10.3. The zero-order chi connectivity index (χ0) is 18.8. The Bertz CT molecular complexity index is 774. The third-order valence-electron chi connectivity index (χ3n) is 6.02. The van der Waals surface area contributed by atoms with Crippen LogP contribution < -0.4 is 5.32 Å². The van der Waals surface area contributed by atoms with E-state index in [1.165, 1.54) is 31.4 Å². The third-order valence-corrected chi connectivity index (χ3v) is 6.02. The highest BCUT2D eigenvalue weighted by Gasteiger charge is 2.31. The molecule has 0 saturated heterocycles. The van der Waals surface area contributed by atoms with Crippen LogP contribution in [0.25, 0.3) is 0 Å². The van der Waals surface area contributed by atoms with E-state index in [1.807, 2.05) is 17.8 Å². The molecule has 0 bridgehead atoms. The fraction of sp³-hybridized carbons (Fsp3) is 0.619. The van der Waals surface area contributed by atoms with Gasteiger partial charge in [-0.15, -0.1) is 0 Å². The summed E-state index contributed by atoms with van der Waals surface area (Å²) in [5.74, 6) is 0.00108. The largest absolute Gasteiger partial charge is 0.472 e. The fourth-order valence-electron chi connectivity index (χ4n) is 4.60. The fourth-order valence-corrected chi connectivity index (χ4v) is 4.60. The van der Waals surface area contributed by atoms with Crippen molar-refractivity contribution in [2.45, 2.75) is 77.0 Å². The molecule has 6 heteroatoms. The summed E-state index contributed by atoms with van der Waals surface area (Å²) < 4.78 is 7.15. The van der Waals surface area contributed by atoms with E-state index in [4.69, 9.17) is 9.52 Å². The molecule has 0 radical (unpaired) electrons. The summed E-state index contributed by atoms with van der Waals surface area (Å²) in [7, 11) is 1.84. The number of carbonyl (C=O) groups excluding carboxylic acids is 1. The zero-order valence-electron chi connectivity index (χ0n) is 16.4. The number of furan rings is 1. The van der Waals surface area contributed by atoms with Gasteiger partial charge in [-0.25, -0.2) is 0 Å². The van der Waals surface area contributed by atoms with Crippen molar-refractivity contribution in [2.24, 2.45) is 0 Å². The molecular weight excluding hydrogens is 340 g/mol. The Balaban J connectivity index is 1.52. The molecule has 0 unspecified atom stereocenters. The maximum Gasteiger partial charge on any atom is 0.274 e. The van der Waals surface area contributed by atoms with Crippen molar-refractivity contribution in [3.05, 3.63) is 41.1 Å². The van der Waals surface area contributed by atoms with Crippen molar-refractivity contribution in [3.63, 3.8) is 0 Å². The Labute approximate surface area is 160 Å². The molecule has 1 atom stereocenters. The molecule has 4 rings (SSSR count). The molecule has 2 aromatic heterocycles. The maximum absolute atomic E-state index is 13.1. The third kappa shape index (κ3) is 3.81. The summed E-state index contributed by atoms with van der Waals surface area (Å²) in [4.78, 5) is 14.9. The van der Waals surface area contributed by atoms with Gasteiger partial charge in [0.2, 0.25) is 0 Å². The summed E-state index contributed by atoms with van der Waals surface area (Å²) in [6, 6.07) is 3.01. The first-order chi connectivity index (χ1) is 13.2. The quantitative estimate of drug-likeness (QED) is 0.848. The van der Waals surface area contributed by atoms with E-state index in [2.05, 4.69) is 12.2 Å². The van der Waals surface area contributed by atoms with Gasteiger partial charge >= 0.3 is 0 Å². The molecule has 146 valence electrons. The van der Waals surface area contributed by atoms with Crippen molar-refractivity contribution in [1.29, 1.82) is 0 Å². The minimum Gasteiger partial charge on any atom is -0.472 e. The van der Waals surface area contributed by atoms with Crippen molar-refractivity contribution < 1.29 is 9.21 Å². The molecule has 27 heavy (non-hydrogen) atoms. The Morgan fingerprint density at radius 1 is 1.33 bits per heavy atom. The highest BCUT2D eigenvalue weighted by Crippen LogP contribution is 2.28. The van der Waals surface area contributed by atoms with E-state index in [9.17, 15) is 4.79 Å². The summed E-state index contributed by atoms with van der Waals surface area (Å²) in [5.41, 5.74) is 4.04. The molecule has 2 aliphatic rings. The lowest BCUT2D eigenvalue weighted by Crippen LogP contribution is -2.41. The normalized spacial score (nSPS) is 20.0. The van der Waals surface area contributed by atoms with Crippen molar-refractivity contribution in [1.82, 2.24) is 20.0 Å². The number of hydrogen-bond acceptors (Lipinski definition) is 4. The second kappa shape index (κ2) is 7.89. The number of aryl methyl sites for hydroxylation is 1. The van der Waals surface area contributed by atoms with Gasteiger partial charge in [0, 0.05) is 49.0 Å². The van der Waals surface area contributed by atoms with Crippen molar-refractivity contribution in [3.8, 4) is 0 Å². The molecule has 0 aliphatic heterocycles. The molecule has 1 fully saturated rings. The molecule has 2 heterocycles. The van der Waals surface area contributed by atoms with Crippen LogP contribution in [0.1, 0.15) is 66.3 Å². The van der Waals surface area contributed by atoms with E-state index in [-0.39, 0.29) is 5.91 Å². The number of nitrogens with one attached hydrogen (secondary N) is 1. The first-order valence-electron chi connectivity index (χ1n) is 10.3. The van der Waals surface area contributed by atoms with Crippen LogP contribution in [-0.2, 0) is 25.9 Å². The second-order valence-corrected chi connectivity index (χ2v) is 7.97. The lowest BCUT2D eigenvalue weighted by Gasteiger charge is -2.27. The van der Waals surface area contributed by atoms with Gasteiger partial charge in [-0.2, -0.15) is 5.10 Å². The van der Waals surface area contributed by atoms with Crippen molar-refractivity contribution >= 4 is 5.91 Å². The van der Waals surface area contributed by atoms with Crippen LogP contribution in [0.5, 0.6) is 0 Å². The molecule has 2 aromatic rings. The Hall–Kier alpha value is -2.08. The summed E-state index contributed by atoms with van der Waals surface area (Å²) >= 11 is 0. The van der Waals surface area contributed by atoms with Gasteiger partial charge in [-0.1, -0.05) is 12.8 Å². The smallest absolute Gasteiger partial charge is 0.274 e. The number of amides is 1. The van der Waals surface area contributed by atoms with E-state index >= 15 is 0 Å². The highest BCUT2D eigenvalue weighted by atomic mass is 16.3. The average Bonchev–Trinajstić information content (AvgIpc) is 3.42. The molecule has 6 nitrogen and oxygen atoms in total. The minimum absolute atomic E-state index is 0.00108. The average molecular weight is 370 g/mol. The Morgan fingerprint density at radius 3 is 2.85 bits per heavy atom. The molecule has 0 spiro atoms. The monoisotopic (exact) mass is 370 g/mol. The summed E-state index contributed by atoms with van der Waals surface area (Å²) in [6.07, 6.45) is 11.6. The van der Waals surface area contributed by atoms with Crippen LogP contribution in [0.2, 0.25) is 0 Å². The number of aromatic nitrogens is 2. The first kappa shape index (κ1) is 18.3. The standard InChI is InChI=1S/C21H30N4O2/c1-3-25-19-9-8-17(22-16-6-4-5-7-16)12-18(19)20(23-25)21(26)24(2)13-15-10-11-27-14-15/h10-11,14,16-17,22H,3-9,12-13H2,1-2H3/t17-/m1/s1. The molecule has 0 aromatic carbocycles. The van der Waals surface area contributed by atoms with Gasteiger partial charge in [0.25, 0.3) is 5.91 Å². The number of carbonyl (C=O) groups is 1. The van der Waals surface area contributed by atoms with E-state index in [1.54, 1.807) is 17.4 Å². The number of fused-ring (bicyclic) bond motifs is 1. The van der Waals surface area contributed by atoms with E-state index in [0.29, 0.717) is 24.3 Å². The summed E-state index contributed by atoms with van der Waals surface area (Å²) in [6.45, 7) is 3.44. The topological polar surface area (TPSA) is 63.3 Å². The van der Waals surface area contributed by atoms with Crippen LogP contribution in [0.15, 0.2) is 23.0 Å². The van der Waals surface area contributed by atoms with Gasteiger partial charge in [-0.05, 0) is 45.1 Å². The van der Waals surface area contributed by atoms with Crippen LogP contribution in [0.3, 0.4) is 0 Å². The lowest BCUT2D eigenvalue weighted by atomic mass is 9.90. The minimum atomic E-state index is 0.00108. The number of nitrogens with zero attached hydrogens (tertiary/aromatic N) is 3. The Kier molecular flexibility index (Phi) is 5.34. The van der Waals surface area contributed by atoms with Gasteiger partial charge < -0.3 is 14.6 Å². The maximum atomic E-state index is 13.1.